The largest absolute Gasteiger partial charge is 0.381 e. The number of thioether (sulfide) groups is 1. The molecule has 0 unspecified atom stereocenters. The van der Waals surface area contributed by atoms with E-state index in [0.717, 1.165) is 18.6 Å². The van der Waals surface area contributed by atoms with E-state index < -0.39 is 0 Å². The molecule has 0 radical (unpaired) electrons. The van der Waals surface area contributed by atoms with Gasteiger partial charge in [0.2, 0.25) is 0 Å². The van der Waals surface area contributed by atoms with Gasteiger partial charge < -0.3 is 11.1 Å². The Hall–Kier alpha value is -0.930. The van der Waals surface area contributed by atoms with Crippen molar-refractivity contribution in [1.29, 1.82) is 0 Å². The first-order chi connectivity index (χ1) is 7.79. The zero-order chi connectivity index (χ0) is 11.4. The Bertz CT molecular complexity index is 359. The third-order valence-corrected chi connectivity index (χ3v) is 3.85. The van der Waals surface area contributed by atoms with Gasteiger partial charge in [0.25, 0.3) is 0 Å². The molecule has 1 saturated carbocycles. The Morgan fingerprint density at radius 2 is 2.19 bits per heavy atom. The summed E-state index contributed by atoms with van der Waals surface area (Å²) in [6.07, 6.45) is 4.10. The fraction of sp³-hybridized carbons (Fsp3) is 0.385. The summed E-state index contributed by atoms with van der Waals surface area (Å²) < 4.78 is 0. The van der Waals surface area contributed by atoms with Crippen molar-refractivity contribution in [3.05, 3.63) is 36.9 Å². The van der Waals surface area contributed by atoms with Crippen LogP contribution in [0.3, 0.4) is 0 Å². The van der Waals surface area contributed by atoms with E-state index in [1.807, 2.05) is 17.8 Å². The molecule has 1 aromatic rings. The number of nitrogens with two attached hydrogens (primary N) is 1. The second kappa shape index (κ2) is 5.41. The van der Waals surface area contributed by atoms with Crippen LogP contribution in [-0.4, -0.2) is 17.8 Å². The second-order valence-electron chi connectivity index (χ2n) is 4.17. The third kappa shape index (κ3) is 2.80. The summed E-state index contributed by atoms with van der Waals surface area (Å²) in [5.74, 6) is 0.947. The van der Waals surface area contributed by atoms with Crippen LogP contribution in [0.5, 0.6) is 0 Å². The van der Waals surface area contributed by atoms with Gasteiger partial charge in [0, 0.05) is 28.4 Å². The fourth-order valence-electron chi connectivity index (χ4n) is 1.86. The van der Waals surface area contributed by atoms with E-state index >= 15 is 0 Å². The Morgan fingerprint density at radius 1 is 1.44 bits per heavy atom. The van der Waals surface area contributed by atoms with E-state index in [4.69, 9.17) is 5.73 Å². The second-order valence-corrected chi connectivity index (χ2v) is 5.23. The van der Waals surface area contributed by atoms with Gasteiger partial charge in [0.05, 0.1) is 0 Å². The molecule has 16 heavy (non-hydrogen) atoms. The van der Waals surface area contributed by atoms with Gasteiger partial charge in [-0.25, -0.2) is 0 Å². The van der Waals surface area contributed by atoms with Gasteiger partial charge in [-0.2, -0.15) is 0 Å². The van der Waals surface area contributed by atoms with E-state index in [1.54, 1.807) is 0 Å². The maximum absolute atomic E-state index is 5.78. The molecule has 1 fully saturated rings. The number of rotatable bonds is 5. The van der Waals surface area contributed by atoms with Crippen LogP contribution >= 0.6 is 11.8 Å². The number of hydrogen-bond acceptors (Lipinski definition) is 3. The molecule has 0 saturated heterocycles. The van der Waals surface area contributed by atoms with Crippen molar-refractivity contribution in [3.63, 3.8) is 0 Å². The van der Waals surface area contributed by atoms with Crippen LogP contribution in [0.1, 0.15) is 12.8 Å². The van der Waals surface area contributed by atoms with Gasteiger partial charge in [-0.05, 0) is 25.0 Å². The van der Waals surface area contributed by atoms with E-state index in [0.29, 0.717) is 12.1 Å². The van der Waals surface area contributed by atoms with Crippen LogP contribution < -0.4 is 11.1 Å². The Morgan fingerprint density at radius 3 is 2.88 bits per heavy atom. The zero-order valence-corrected chi connectivity index (χ0v) is 10.2. The Balaban J connectivity index is 1.98. The molecule has 0 atom stereocenters. The highest BCUT2D eigenvalue weighted by molar-refractivity contribution is 7.99. The number of nitrogens with one attached hydrogen (secondary N) is 1. The SMILES string of the molecule is C=CCSc1ccccc1NC1CC(N)C1. The third-order valence-electron chi connectivity index (χ3n) is 2.78. The molecule has 0 aliphatic heterocycles. The summed E-state index contributed by atoms with van der Waals surface area (Å²) in [6.45, 7) is 3.75. The average molecular weight is 234 g/mol. The Labute approximate surface area is 101 Å². The van der Waals surface area contributed by atoms with Crippen LogP contribution in [0, 0.1) is 0 Å². The lowest BCUT2D eigenvalue weighted by Crippen LogP contribution is -2.44. The van der Waals surface area contributed by atoms with Crippen molar-refractivity contribution >= 4 is 17.4 Å². The zero-order valence-electron chi connectivity index (χ0n) is 9.36. The summed E-state index contributed by atoms with van der Waals surface area (Å²) in [7, 11) is 0. The maximum atomic E-state index is 5.78. The van der Waals surface area contributed by atoms with Crippen molar-refractivity contribution in [2.24, 2.45) is 5.73 Å². The van der Waals surface area contributed by atoms with Crippen LogP contribution in [-0.2, 0) is 0 Å². The van der Waals surface area contributed by atoms with E-state index in [9.17, 15) is 0 Å². The van der Waals surface area contributed by atoms with Crippen molar-refractivity contribution in [2.75, 3.05) is 11.1 Å². The van der Waals surface area contributed by atoms with Gasteiger partial charge in [-0.3, -0.25) is 0 Å². The molecule has 2 nitrogen and oxygen atoms in total. The molecule has 1 aliphatic rings. The molecule has 1 aliphatic carbocycles. The smallest absolute Gasteiger partial charge is 0.0480 e. The molecule has 0 heterocycles. The molecular formula is C13H18N2S. The molecule has 0 amide bonds. The first kappa shape index (κ1) is 11.6. The van der Waals surface area contributed by atoms with E-state index in [-0.39, 0.29) is 0 Å². The van der Waals surface area contributed by atoms with Gasteiger partial charge in [0.15, 0.2) is 0 Å². The first-order valence-electron chi connectivity index (χ1n) is 5.64. The maximum Gasteiger partial charge on any atom is 0.0480 e. The predicted molar refractivity (Wildman–Crippen MR) is 72.0 cm³/mol. The highest BCUT2D eigenvalue weighted by Gasteiger charge is 2.25. The van der Waals surface area contributed by atoms with Gasteiger partial charge in [-0.15, -0.1) is 18.3 Å². The first-order valence-corrected chi connectivity index (χ1v) is 6.63. The number of hydrogen-bond donors (Lipinski definition) is 2. The van der Waals surface area contributed by atoms with Gasteiger partial charge >= 0.3 is 0 Å². The molecule has 3 N–H and O–H groups in total. The summed E-state index contributed by atoms with van der Waals surface area (Å²) >= 11 is 1.81. The summed E-state index contributed by atoms with van der Waals surface area (Å²) in [5.41, 5.74) is 7.01. The minimum Gasteiger partial charge on any atom is -0.381 e. The van der Waals surface area contributed by atoms with Crippen LogP contribution in [0.25, 0.3) is 0 Å². The molecule has 86 valence electrons. The lowest BCUT2D eigenvalue weighted by Gasteiger charge is -2.34. The van der Waals surface area contributed by atoms with Gasteiger partial charge in [-0.1, -0.05) is 18.2 Å². The number of para-hydroxylation sites is 1. The molecule has 0 aromatic heterocycles. The van der Waals surface area contributed by atoms with Crippen molar-refractivity contribution < 1.29 is 0 Å². The molecule has 1 aromatic carbocycles. The van der Waals surface area contributed by atoms with Crippen LogP contribution in [0.4, 0.5) is 5.69 Å². The van der Waals surface area contributed by atoms with Crippen LogP contribution in [0.15, 0.2) is 41.8 Å². The minimum atomic E-state index is 0.394. The standard InChI is InChI=1S/C13H18N2S/c1-2-7-16-13-6-4-3-5-12(13)15-11-8-10(14)9-11/h2-6,10-11,15H,1,7-9,14H2. The van der Waals surface area contributed by atoms with Crippen molar-refractivity contribution in [2.45, 2.75) is 29.8 Å². The monoisotopic (exact) mass is 234 g/mol. The topological polar surface area (TPSA) is 38.0 Å². The van der Waals surface area contributed by atoms with Crippen molar-refractivity contribution in [1.82, 2.24) is 0 Å². The molecule has 3 heteroatoms. The minimum absolute atomic E-state index is 0.394. The van der Waals surface area contributed by atoms with E-state index in [2.05, 4.69) is 36.2 Å². The van der Waals surface area contributed by atoms with Crippen molar-refractivity contribution in [3.8, 4) is 0 Å². The normalized spacial score (nSPS) is 23.6. The average Bonchev–Trinajstić information content (AvgIpc) is 2.26. The lowest BCUT2D eigenvalue weighted by atomic mass is 9.87. The van der Waals surface area contributed by atoms with E-state index in [1.165, 1.54) is 10.6 Å². The molecule has 0 spiro atoms. The highest BCUT2D eigenvalue weighted by atomic mass is 32.2. The number of benzene rings is 1. The predicted octanol–water partition coefficient (Wildman–Crippen LogP) is 2.87. The fourth-order valence-corrected chi connectivity index (χ4v) is 2.61. The van der Waals surface area contributed by atoms with Crippen LogP contribution in [0.2, 0.25) is 0 Å². The van der Waals surface area contributed by atoms with Gasteiger partial charge in [0.1, 0.15) is 0 Å². The Kier molecular flexibility index (Phi) is 3.91. The highest BCUT2D eigenvalue weighted by Crippen LogP contribution is 2.30. The summed E-state index contributed by atoms with van der Waals surface area (Å²) in [5, 5.41) is 3.55. The summed E-state index contributed by atoms with van der Waals surface area (Å²) in [4.78, 5) is 1.29. The molecule has 0 bridgehead atoms. The lowest BCUT2D eigenvalue weighted by molar-refractivity contribution is 0.373. The quantitative estimate of drug-likeness (QED) is 0.608. The molecule has 2 rings (SSSR count). The number of anilines is 1. The molecular weight excluding hydrogens is 216 g/mol. The summed E-state index contributed by atoms with van der Waals surface area (Å²) in [6, 6.07) is 9.37.